The summed E-state index contributed by atoms with van der Waals surface area (Å²) in [6.45, 7) is 3.39. The highest BCUT2D eigenvalue weighted by Gasteiger charge is 2.17. The number of nitrogens with zero attached hydrogens (tertiary/aromatic N) is 2. The Balaban J connectivity index is 2.19. The Bertz CT molecular complexity index is 871. The minimum atomic E-state index is -1.30. The first-order chi connectivity index (χ1) is 11.0. The summed E-state index contributed by atoms with van der Waals surface area (Å²) in [5, 5.41) is 11.5. The third kappa shape index (κ3) is 3.00. The van der Waals surface area contributed by atoms with Crippen LogP contribution in [0.1, 0.15) is 12.5 Å². The van der Waals surface area contributed by atoms with Crippen molar-refractivity contribution in [3.63, 3.8) is 0 Å². The first-order valence-corrected chi connectivity index (χ1v) is 7.46. The van der Waals surface area contributed by atoms with E-state index < -0.39 is 12.1 Å². The van der Waals surface area contributed by atoms with E-state index in [4.69, 9.17) is 16.4 Å². The van der Waals surface area contributed by atoms with E-state index in [0.717, 1.165) is 11.1 Å². The molecule has 118 valence electrons. The maximum Gasteiger partial charge on any atom is 0.176 e. The summed E-state index contributed by atoms with van der Waals surface area (Å²) in [6, 6.07) is 12.9. The minimum absolute atomic E-state index is 0.510. The van der Waals surface area contributed by atoms with E-state index in [0.29, 0.717) is 21.9 Å². The van der Waals surface area contributed by atoms with E-state index in [1.165, 1.54) is 11.7 Å². The van der Waals surface area contributed by atoms with Gasteiger partial charge in [0.15, 0.2) is 11.9 Å². The highest BCUT2D eigenvalue weighted by molar-refractivity contribution is 6.31. The summed E-state index contributed by atoms with van der Waals surface area (Å²) in [6.07, 6.45) is -1.13. The second-order valence-corrected chi connectivity index (χ2v) is 5.73. The number of carbonyl (C=O) groups excluding carboxylic acids is 1. The molecule has 6 heteroatoms. The van der Waals surface area contributed by atoms with Gasteiger partial charge in [-0.15, -0.1) is 0 Å². The minimum Gasteiger partial charge on any atom is -0.546 e. The summed E-state index contributed by atoms with van der Waals surface area (Å²) in [4.78, 5) is 21.1. The summed E-state index contributed by atoms with van der Waals surface area (Å²) < 4.78 is 1.40. The van der Waals surface area contributed by atoms with Crippen LogP contribution in [0.4, 0.5) is 0 Å². The molecule has 0 spiro atoms. The van der Waals surface area contributed by atoms with Crippen LogP contribution >= 0.6 is 11.6 Å². The standard InChI is InChI=1S/C17H15ClN2O3/c1-10-3-5-12(6-4-10)16-19-14-8-7-13(18)9-15(14)20(16)23-11(2)17(21)22/h3-9,11H,1-2H3,(H,21,22)/p-1/t11-/m1/s1. The monoisotopic (exact) mass is 329 g/mol. The topological polar surface area (TPSA) is 67.2 Å². The number of benzene rings is 2. The van der Waals surface area contributed by atoms with Crippen molar-refractivity contribution in [3.05, 3.63) is 53.1 Å². The Morgan fingerprint density at radius 1 is 1.26 bits per heavy atom. The molecule has 0 saturated carbocycles. The number of rotatable bonds is 4. The number of carboxylic acids is 1. The zero-order valence-corrected chi connectivity index (χ0v) is 13.4. The quantitative estimate of drug-likeness (QED) is 0.736. The fourth-order valence-electron chi connectivity index (χ4n) is 2.22. The van der Waals surface area contributed by atoms with Crippen molar-refractivity contribution in [1.29, 1.82) is 0 Å². The Morgan fingerprint density at radius 3 is 2.61 bits per heavy atom. The van der Waals surface area contributed by atoms with Gasteiger partial charge in [-0.25, -0.2) is 4.98 Å². The Labute approximate surface area is 138 Å². The van der Waals surface area contributed by atoms with Gasteiger partial charge in [-0.05, 0) is 32.0 Å². The molecule has 0 aliphatic rings. The molecule has 0 saturated heterocycles. The van der Waals surface area contributed by atoms with Crippen LogP contribution in [0.25, 0.3) is 22.4 Å². The third-order valence-corrected chi connectivity index (χ3v) is 3.72. The Hall–Kier alpha value is -2.53. The van der Waals surface area contributed by atoms with Crippen molar-refractivity contribution in [2.45, 2.75) is 20.0 Å². The normalized spacial score (nSPS) is 12.3. The highest BCUT2D eigenvalue weighted by atomic mass is 35.5. The molecule has 0 fully saturated rings. The molecule has 0 bridgehead atoms. The van der Waals surface area contributed by atoms with Crippen LogP contribution in [0.3, 0.4) is 0 Å². The number of aromatic nitrogens is 2. The van der Waals surface area contributed by atoms with E-state index in [1.807, 2.05) is 31.2 Å². The predicted octanol–water partition coefficient (Wildman–Crippen LogP) is 2.23. The molecule has 3 rings (SSSR count). The second kappa shape index (κ2) is 5.93. The smallest absolute Gasteiger partial charge is 0.176 e. The summed E-state index contributed by atoms with van der Waals surface area (Å²) in [7, 11) is 0. The largest absolute Gasteiger partial charge is 0.546 e. The maximum absolute atomic E-state index is 11.0. The van der Waals surface area contributed by atoms with Gasteiger partial charge in [0.25, 0.3) is 0 Å². The average Bonchev–Trinajstić information content (AvgIpc) is 2.86. The lowest BCUT2D eigenvalue weighted by atomic mass is 10.1. The van der Waals surface area contributed by atoms with Crippen LogP contribution in [0.2, 0.25) is 5.02 Å². The van der Waals surface area contributed by atoms with E-state index in [-0.39, 0.29) is 0 Å². The van der Waals surface area contributed by atoms with Crippen molar-refractivity contribution in [1.82, 2.24) is 9.71 Å². The number of imidazole rings is 1. The van der Waals surface area contributed by atoms with Crippen LogP contribution in [-0.2, 0) is 4.79 Å². The van der Waals surface area contributed by atoms with Crippen LogP contribution in [-0.4, -0.2) is 21.8 Å². The average molecular weight is 330 g/mol. The fourth-order valence-corrected chi connectivity index (χ4v) is 2.39. The molecule has 1 aromatic heterocycles. The van der Waals surface area contributed by atoms with Crippen LogP contribution in [0.15, 0.2) is 42.5 Å². The van der Waals surface area contributed by atoms with E-state index in [1.54, 1.807) is 18.2 Å². The molecule has 0 radical (unpaired) electrons. The number of carbonyl (C=O) groups is 1. The molecule has 0 N–H and O–H groups in total. The van der Waals surface area contributed by atoms with Crippen molar-refractivity contribution in [3.8, 4) is 11.4 Å². The molecule has 3 aromatic rings. The van der Waals surface area contributed by atoms with Gasteiger partial charge in [0.1, 0.15) is 5.52 Å². The first kappa shape index (κ1) is 15.4. The lowest BCUT2D eigenvalue weighted by Crippen LogP contribution is -2.40. The lowest BCUT2D eigenvalue weighted by Gasteiger charge is -2.18. The Kier molecular flexibility index (Phi) is 3.96. The zero-order valence-electron chi connectivity index (χ0n) is 12.6. The number of aryl methyl sites for hydroxylation is 1. The molecule has 0 aliphatic carbocycles. The SMILES string of the molecule is Cc1ccc(-c2nc3ccc(Cl)cc3n2O[C@H](C)C(=O)[O-])cc1. The number of aliphatic carboxylic acids is 1. The third-order valence-electron chi connectivity index (χ3n) is 3.48. The summed E-state index contributed by atoms with van der Waals surface area (Å²) in [5.74, 6) is -0.792. The van der Waals surface area contributed by atoms with E-state index in [2.05, 4.69) is 4.98 Å². The van der Waals surface area contributed by atoms with E-state index >= 15 is 0 Å². The van der Waals surface area contributed by atoms with Gasteiger partial charge in [-0.1, -0.05) is 41.4 Å². The van der Waals surface area contributed by atoms with Crippen LogP contribution < -0.4 is 9.94 Å². The molecular weight excluding hydrogens is 316 g/mol. The van der Waals surface area contributed by atoms with Crippen molar-refractivity contribution in [2.75, 3.05) is 0 Å². The lowest BCUT2D eigenvalue weighted by molar-refractivity contribution is -0.315. The molecule has 2 aromatic carbocycles. The van der Waals surface area contributed by atoms with Crippen LogP contribution in [0.5, 0.6) is 0 Å². The van der Waals surface area contributed by atoms with Gasteiger partial charge in [0.2, 0.25) is 0 Å². The number of hydrogen-bond acceptors (Lipinski definition) is 4. The predicted molar refractivity (Wildman–Crippen MR) is 86.0 cm³/mol. The summed E-state index contributed by atoms with van der Waals surface area (Å²) >= 11 is 6.04. The zero-order chi connectivity index (χ0) is 16.6. The number of hydrogen-bond donors (Lipinski definition) is 0. The number of carboxylic acid groups (broad SMARTS) is 1. The van der Waals surface area contributed by atoms with Crippen molar-refractivity contribution >= 4 is 28.6 Å². The molecule has 0 amide bonds. The van der Waals surface area contributed by atoms with E-state index in [9.17, 15) is 9.90 Å². The molecule has 0 unspecified atom stereocenters. The molecule has 0 aliphatic heterocycles. The van der Waals surface area contributed by atoms with Gasteiger partial charge < -0.3 is 14.7 Å². The molecule has 1 heterocycles. The van der Waals surface area contributed by atoms with Crippen molar-refractivity contribution < 1.29 is 14.7 Å². The molecule has 5 nitrogen and oxygen atoms in total. The van der Waals surface area contributed by atoms with Crippen molar-refractivity contribution in [2.24, 2.45) is 0 Å². The van der Waals surface area contributed by atoms with Gasteiger partial charge in [-0.2, -0.15) is 4.73 Å². The molecule has 1 atom stereocenters. The van der Waals surface area contributed by atoms with Crippen LogP contribution in [0, 0.1) is 6.92 Å². The van der Waals surface area contributed by atoms with Gasteiger partial charge in [0, 0.05) is 10.6 Å². The summed E-state index contributed by atoms with van der Waals surface area (Å²) in [5.41, 5.74) is 3.19. The van der Waals surface area contributed by atoms with Gasteiger partial charge in [0.05, 0.1) is 11.5 Å². The van der Waals surface area contributed by atoms with Gasteiger partial charge in [-0.3, -0.25) is 0 Å². The second-order valence-electron chi connectivity index (χ2n) is 5.30. The number of fused-ring (bicyclic) bond motifs is 1. The maximum atomic E-state index is 11.0. The number of halogens is 1. The highest BCUT2D eigenvalue weighted by Crippen LogP contribution is 2.26. The van der Waals surface area contributed by atoms with Gasteiger partial charge >= 0.3 is 0 Å². The Morgan fingerprint density at radius 2 is 1.96 bits per heavy atom. The first-order valence-electron chi connectivity index (χ1n) is 7.09. The molecular formula is C17H14ClN2O3-. The molecule has 23 heavy (non-hydrogen) atoms. The fraction of sp³-hybridized carbons (Fsp3) is 0.176.